The molecule has 0 aliphatic rings. The first-order valence-corrected chi connectivity index (χ1v) is 8.26. The predicted molar refractivity (Wildman–Crippen MR) is 76.6 cm³/mol. The van der Waals surface area contributed by atoms with Crippen LogP contribution in [0.1, 0.15) is 31.1 Å². The predicted octanol–water partition coefficient (Wildman–Crippen LogP) is 3.09. The molecular weight excluding hydrogens is 316 g/mol. The van der Waals surface area contributed by atoms with E-state index in [0.29, 0.717) is 10.0 Å². The molecule has 0 aliphatic heterocycles. The Hall–Kier alpha value is -0.680. The van der Waals surface area contributed by atoms with Gasteiger partial charge < -0.3 is 0 Å². The maximum absolute atomic E-state index is 12.0. The number of carbonyl (C=O) groups excluding carboxylic acids is 1. The Morgan fingerprint density at radius 3 is 2.28 bits per heavy atom. The number of hydrogen-bond acceptors (Lipinski definition) is 3. The highest BCUT2D eigenvalue weighted by atomic mass is 79.9. The summed E-state index contributed by atoms with van der Waals surface area (Å²) in [5.41, 5.74) is 0.414. The van der Waals surface area contributed by atoms with Crippen LogP contribution in [0, 0.1) is 5.92 Å². The fraction of sp³-hybridized carbons (Fsp3) is 0.462. The van der Waals surface area contributed by atoms with E-state index in [1.54, 1.807) is 31.2 Å². The van der Waals surface area contributed by atoms with Gasteiger partial charge in [0.1, 0.15) is 5.75 Å². The van der Waals surface area contributed by atoms with Crippen molar-refractivity contribution in [3.8, 4) is 0 Å². The van der Waals surface area contributed by atoms with E-state index < -0.39 is 20.8 Å². The molecule has 0 aromatic heterocycles. The van der Waals surface area contributed by atoms with Crippen LogP contribution in [-0.2, 0) is 9.84 Å². The molecule has 0 heterocycles. The van der Waals surface area contributed by atoms with Crippen LogP contribution in [0.2, 0.25) is 0 Å². The second-order valence-electron chi connectivity index (χ2n) is 4.66. The van der Waals surface area contributed by atoms with E-state index in [4.69, 9.17) is 0 Å². The number of Topliss-reactive ketones (excluding diaryl/α,β-unsaturated/α-hetero) is 1. The summed E-state index contributed by atoms with van der Waals surface area (Å²) in [5, 5.41) is -0.510. The van der Waals surface area contributed by atoms with Crippen molar-refractivity contribution in [2.45, 2.75) is 26.0 Å². The van der Waals surface area contributed by atoms with E-state index in [9.17, 15) is 13.2 Å². The second kappa shape index (κ2) is 5.97. The number of halogens is 1. The van der Waals surface area contributed by atoms with E-state index in [1.165, 1.54) is 0 Å². The van der Waals surface area contributed by atoms with Gasteiger partial charge in [-0.25, -0.2) is 8.42 Å². The van der Waals surface area contributed by atoms with Gasteiger partial charge in [-0.2, -0.15) is 0 Å². The van der Waals surface area contributed by atoms with Gasteiger partial charge in [0.15, 0.2) is 15.6 Å². The Kier molecular flexibility index (Phi) is 5.10. The van der Waals surface area contributed by atoms with Crippen LogP contribution < -0.4 is 0 Å². The van der Waals surface area contributed by atoms with Crippen LogP contribution in [0.15, 0.2) is 28.7 Å². The van der Waals surface area contributed by atoms with Crippen LogP contribution in [0.5, 0.6) is 0 Å². The Balaban J connectivity index is 2.93. The average molecular weight is 333 g/mol. The topological polar surface area (TPSA) is 51.2 Å². The molecule has 0 amide bonds. The van der Waals surface area contributed by atoms with Crippen LogP contribution in [-0.4, -0.2) is 25.2 Å². The lowest BCUT2D eigenvalue weighted by molar-refractivity contribution is 0.102. The van der Waals surface area contributed by atoms with Gasteiger partial charge in [-0.1, -0.05) is 48.0 Å². The smallest absolute Gasteiger partial charge is 0.179 e. The van der Waals surface area contributed by atoms with Crippen molar-refractivity contribution < 1.29 is 13.2 Å². The Labute approximate surface area is 117 Å². The average Bonchev–Trinajstić information content (AvgIpc) is 2.27. The van der Waals surface area contributed by atoms with Crippen LogP contribution in [0.3, 0.4) is 0 Å². The first-order chi connectivity index (χ1) is 8.25. The molecule has 0 radical (unpaired) electrons. The third-order valence-corrected chi connectivity index (χ3v) is 6.05. The SMILES string of the molecule is CC(C)C(C)S(=O)(=O)CC(=O)c1ccccc1Br. The summed E-state index contributed by atoms with van der Waals surface area (Å²) >= 11 is 3.25. The number of ketones is 1. The molecule has 1 rings (SSSR count). The number of benzene rings is 1. The first-order valence-electron chi connectivity index (χ1n) is 5.75. The van der Waals surface area contributed by atoms with Gasteiger partial charge in [0.25, 0.3) is 0 Å². The van der Waals surface area contributed by atoms with Gasteiger partial charge in [0, 0.05) is 10.0 Å². The first kappa shape index (κ1) is 15.4. The lowest BCUT2D eigenvalue weighted by Gasteiger charge is -2.16. The normalized spacial score (nSPS) is 13.6. The van der Waals surface area contributed by atoms with Crippen molar-refractivity contribution in [3.63, 3.8) is 0 Å². The highest BCUT2D eigenvalue weighted by molar-refractivity contribution is 9.10. The molecular formula is C13H17BrO3S. The molecule has 3 nitrogen and oxygen atoms in total. The van der Waals surface area contributed by atoms with Crippen molar-refractivity contribution in [2.24, 2.45) is 5.92 Å². The standard InChI is InChI=1S/C13H17BrO3S/c1-9(2)10(3)18(16,17)8-13(15)11-6-4-5-7-12(11)14/h4-7,9-10H,8H2,1-3H3. The van der Waals surface area contributed by atoms with E-state index >= 15 is 0 Å². The molecule has 5 heteroatoms. The monoisotopic (exact) mass is 332 g/mol. The van der Waals surface area contributed by atoms with Gasteiger partial charge in [-0.3, -0.25) is 4.79 Å². The third-order valence-electron chi connectivity index (χ3n) is 3.01. The molecule has 0 N–H and O–H groups in total. The molecule has 0 saturated heterocycles. The van der Waals surface area contributed by atoms with Crippen molar-refractivity contribution in [3.05, 3.63) is 34.3 Å². The Morgan fingerprint density at radius 1 is 1.22 bits per heavy atom. The van der Waals surface area contributed by atoms with E-state index in [1.807, 2.05) is 13.8 Å². The minimum Gasteiger partial charge on any atom is -0.293 e. The molecule has 0 bridgehead atoms. The number of rotatable bonds is 5. The highest BCUT2D eigenvalue weighted by Crippen LogP contribution is 2.19. The minimum atomic E-state index is -3.39. The van der Waals surface area contributed by atoms with E-state index in [2.05, 4.69) is 15.9 Å². The highest BCUT2D eigenvalue weighted by Gasteiger charge is 2.27. The molecule has 1 aromatic carbocycles. The molecule has 0 aliphatic carbocycles. The van der Waals surface area contributed by atoms with E-state index in [-0.39, 0.29) is 11.7 Å². The Bertz CT molecular complexity index is 535. The molecule has 0 spiro atoms. The lowest BCUT2D eigenvalue weighted by atomic mass is 10.1. The summed E-state index contributed by atoms with van der Waals surface area (Å²) in [7, 11) is -3.39. The van der Waals surface area contributed by atoms with Gasteiger partial charge in [0.2, 0.25) is 0 Å². The largest absolute Gasteiger partial charge is 0.293 e. The van der Waals surface area contributed by atoms with Crippen LogP contribution >= 0.6 is 15.9 Å². The summed E-state index contributed by atoms with van der Waals surface area (Å²) in [5.74, 6) is -0.799. The quantitative estimate of drug-likeness (QED) is 0.778. The number of sulfone groups is 1. The zero-order valence-electron chi connectivity index (χ0n) is 10.7. The van der Waals surface area contributed by atoms with Crippen LogP contribution in [0.25, 0.3) is 0 Å². The number of carbonyl (C=O) groups is 1. The van der Waals surface area contributed by atoms with Gasteiger partial charge in [0.05, 0.1) is 5.25 Å². The summed E-state index contributed by atoms with van der Waals surface area (Å²) in [4.78, 5) is 12.0. The molecule has 0 saturated carbocycles. The fourth-order valence-corrected chi connectivity index (χ4v) is 3.61. The van der Waals surface area contributed by atoms with Gasteiger partial charge >= 0.3 is 0 Å². The van der Waals surface area contributed by atoms with E-state index in [0.717, 1.165) is 0 Å². The fourth-order valence-electron chi connectivity index (χ4n) is 1.49. The molecule has 1 atom stereocenters. The maximum Gasteiger partial charge on any atom is 0.179 e. The summed E-state index contributed by atoms with van der Waals surface area (Å²) in [6, 6.07) is 6.86. The van der Waals surface area contributed by atoms with Crippen molar-refractivity contribution in [1.29, 1.82) is 0 Å². The molecule has 0 fully saturated rings. The third kappa shape index (κ3) is 3.65. The van der Waals surface area contributed by atoms with Crippen molar-refractivity contribution in [2.75, 3.05) is 5.75 Å². The lowest BCUT2D eigenvalue weighted by Crippen LogP contribution is -2.29. The molecule has 1 aromatic rings. The molecule has 1 unspecified atom stereocenters. The van der Waals surface area contributed by atoms with Crippen molar-refractivity contribution in [1.82, 2.24) is 0 Å². The van der Waals surface area contributed by atoms with Gasteiger partial charge in [-0.05, 0) is 18.9 Å². The summed E-state index contributed by atoms with van der Waals surface area (Å²) in [6.45, 7) is 5.32. The zero-order valence-corrected chi connectivity index (χ0v) is 13.1. The van der Waals surface area contributed by atoms with Crippen molar-refractivity contribution >= 4 is 31.6 Å². The minimum absolute atomic E-state index is 0.00186. The molecule has 100 valence electrons. The second-order valence-corrected chi connectivity index (χ2v) is 7.87. The summed E-state index contributed by atoms with van der Waals surface area (Å²) < 4.78 is 24.7. The zero-order chi connectivity index (χ0) is 13.9. The Morgan fingerprint density at radius 2 is 1.78 bits per heavy atom. The summed E-state index contributed by atoms with van der Waals surface area (Å²) in [6.07, 6.45) is 0. The van der Waals surface area contributed by atoms with Crippen LogP contribution in [0.4, 0.5) is 0 Å². The maximum atomic E-state index is 12.0. The number of hydrogen-bond donors (Lipinski definition) is 0. The molecule has 18 heavy (non-hydrogen) atoms. The van der Waals surface area contributed by atoms with Gasteiger partial charge in [-0.15, -0.1) is 0 Å².